The molecule has 0 fully saturated rings. The van der Waals surface area contributed by atoms with Crippen molar-refractivity contribution >= 4 is 17.7 Å². The first kappa shape index (κ1) is 12.4. The summed E-state index contributed by atoms with van der Waals surface area (Å²) in [6.45, 7) is 0. The molecule has 0 unspecified atom stereocenters. The average Bonchev–Trinajstić information content (AvgIpc) is 2.38. The average molecular weight is 262 g/mol. The first-order chi connectivity index (χ1) is 8.61. The van der Waals surface area contributed by atoms with Gasteiger partial charge < -0.3 is 10.1 Å². The smallest absolute Gasteiger partial charge is 0.345 e. The number of aromatic carboxylic acids is 1. The van der Waals surface area contributed by atoms with Crippen LogP contribution in [0.15, 0.2) is 40.2 Å². The minimum atomic E-state index is -1.12. The van der Waals surface area contributed by atoms with E-state index in [1.807, 2.05) is 18.4 Å². The number of thioether (sulfide) groups is 1. The Labute approximate surface area is 107 Å². The molecule has 0 amide bonds. The van der Waals surface area contributed by atoms with Crippen LogP contribution in [0.25, 0.3) is 11.3 Å². The molecule has 5 nitrogen and oxygen atoms in total. The molecule has 0 aliphatic rings. The third-order valence-electron chi connectivity index (χ3n) is 2.42. The van der Waals surface area contributed by atoms with E-state index in [1.165, 1.54) is 0 Å². The van der Waals surface area contributed by atoms with E-state index in [-0.39, 0.29) is 11.3 Å². The van der Waals surface area contributed by atoms with Crippen LogP contribution in [-0.2, 0) is 0 Å². The van der Waals surface area contributed by atoms with E-state index in [4.69, 9.17) is 5.11 Å². The van der Waals surface area contributed by atoms with E-state index < -0.39 is 11.7 Å². The number of nitrogens with zero attached hydrogens (tertiary/aromatic N) is 1. The van der Waals surface area contributed by atoms with Gasteiger partial charge in [-0.25, -0.2) is 14.6 Å². The van der Waals surface area contributed by atoms with Gasteiger partial charge in [-0.3, -0.25) is 0 Å². The number of aromatic nitrogens is 2. The zero-order chi connectivity index (χ0) is 13.1. The first-order valence-electron chi connectivity index (χ1n) is 5.09. The van der Waals surface area contributed by atoms with Gasteiger partial charge in [-0.2, -0.15) is 0 Å². The zero-order valence-electron chi connectivity index (χ0n) is 9.51. The number of carboxylic acids is 1. The summed E-state index contributed by atoms with van der Waals surface area (Å²) in [6.07, 6.45) is 3.02. The predicted octanol–water partition coefficient (Wildman–Crippen LogP) is 1.86. The van der Waals surface area contributed by atoms with Crippen LogP contribution in [0.5, 0.6) is 0 Å². The molecule has 2 aromatic rings. The molecule has 1 aromatic carbocycles. The van der Waals surface area contributed by atoms with Crippen molar-refractivity contribution in [3.63, 3.8) is 0 Å². The van der Waals surface area contributed by atoms with Crippen molar-refractivity contribution < 1.29 is 9.90 Å². The molecule has 6 heteroatoms. The van der Waals surface area contributed by atoms with E-state index >= 15 is 0 Å². The van der Waals surface area contributed by atoms with Gasteiger partial charge in [-0.1, -0.05) is 12.1 Å². The highest BCUT2D eigenvalue weighted by Gasteiger charge is 2.13. The highest BCUT2D eigenvalue weighted by Crippen LogP contribution is 2.23. The molecule has 0 saturated carbocycles. The number of benzene rings is 1. The summed E-state index contributed by atoms with van der Waals surface area (Å²) >= 11 is 1.59. The highest BCUT2D eigenvalue weighted by molar-refractivity contribution is 7.98. The summed E-state index contributed by atoms with van der Waals surface area (Å²) in [7, 11) is 0. The van der Waals surface area contributed by atoms with Gasteiger partial charge in [-0.15, -0.1) is 11.8 Å². The monoisotopic (exact) mass is 262 g/mol. The number of hydrogen-bond donors (Lipinski definition) is 2. The van der Waals surface area contributed by atoms with Gasteiger partial charge in [0.2, 0.25) is 0 Å². The highest BCUT2D eigenvalue weighted by atomic mass is 32.2. The maximum absolute atomic E-state index is 11.2. The number of carbonyl (C=O) groups is 1. The Morgan fingerprint density at radius 1 is 1.33 bits per heavy atom. The zero-order valence-corrected chi connectivity index (χ0v) is 10.3. The largest absolute Gasteiger partial charge is 0.478 e. The van der Waals surface area contributed by atoms with Crippen molar-refractivity contribution in [3.05, 3.63) is 46.5 Å². The van der Waals surface area contributed by atoms with Gasteiger partial charge in [0.1, 0.15) is 5.56 Å². The molecule has 2 rings (SSSR count). The third-order valence-corrected chi connectivity index (χ3v) is 3.16. The van der Waals surface area contributed by atoms with Crippen LogP contribution >= 0.6 is 11.8 Å². The van der Waals surface area contributed by atoms with E-state index in [0.717, 1.165) is 11.1 Å². The second kappa shape index (κ2) is 5.05. The molecule has 0 aliphatic heterocycles. The molecule has 0 bridgehead atoms. The Kier molecular flexibility index (Phi) is 3.47. The topological polar surface area (TPSA) is 83.0 Å². The summed E-state index contributed by atoms with van der Waals surface area (Å²) in [5.74, 6) is -1.12. The second-order valence-electron chi connectivity index (χ2n) is 3.51. The second-order valence-corrected chi connectivity index (χ2v) is 4.39. The molecule has 0 aliphatic carbocycles. The maximum Gasteiger partial charge on any atom is 0.345 e. The van der Waals surface area contributed by atoms with Crippen LogP contribution in [0.1, 0.15) is 10.4 Å². The lowest BCUT2D eigenvalue weighted by Crippen LogP contribution is -2.14. The number of nitrogens with one attached hydrogen (secondary N) is 1. The minimum absolute atomic E-state index is 0.0218. The van der Waals surface area contributed by atoms with Crippen LogP contribution < -0.4 is 5.69 Å². The normalized spacial score (nSPS) is 10.3. The van der Waals surface area contributed by atoms with Gasteiger partial charge in [0.05, 0.1) is 5.69 Å². The molecule has 0 spiro atoms. The summed E-state index contributed by atoms with van der Waals surface area (Å²) in [4.78, 5) is 29.2. The Morgan fingerprint density at radius 3 is 2.56 bits per heavy atom. The Balaban J connectivity index is 2.57. The quantitative estimate of drug-likeness (QED) is 0.825. The van der Waals surface area contributed by atoms with Crippen LogP contribution in [-0.4, -0.2) is 27.3 Å². The molecule has 0 radical (unpaired) electrons. The van der Waals surface area contributed by atoms with Crippen LogP contribution in [0.4, 0.5) is 0 Å². The number of rotatable bonds is 3. The van der Waals surface area contributed by atoms with Crippen molar-refractivity contribution in [2.24, 2.45) is 0 Å². The lowest BCUT2D eigenvalue weighted by molar-refractivity contribution is 0.0697. The van der Waals surface area contributed by atoms with Gasteiger partial charge >= 0.3 is 11.7 Å². The molecular formula is C12H10N2O3S. The summed E-state index contributed by atoms with van der Waals surface area (Å²) < 4.78 is 0. The number of H-pyrrole nitrogens is 1. The van der Waals surface area contributed by atoms with Gasteiger partial charge in [0.25, 0.3) is 0 Å². The first-order valence-corrected chi connectivity index (χ1v) is 6.31. The Bertz CT molecular complexity index is 635. The Hall–Kier alpha value is -2.08. The minimum Gasteiger partial charge on any atom is -0.478 e. The molecular weight excluding hydrogens is 252 g/mol. The fourth-order valence-electron chi connectivity index (χ4n) is 1.54. The van der Waals surface area contributed by atoms with Crippen LogP contribution in [0, 0.1) is 0 Å². The predicted molar refractivity (Wildman–Crippen MR) is 69.0 cm³/mol. The number of aromatic amines is 1. The fourth-order valence-corrected chi connectivity index (χ4v) is 1.95. The van der Waals surface area contributed by atoms with E-state index in [0.29, 0.717) is 5.56 Å². The summed E-state index contributed by atoms with van der Waals surface area (Å²) in [6, 6.07) is 7.27. The standard InChI is InChI=1S/C12H10N2O3S/c1-18-8-4-2-7(3-5-8)10-9(11(15)16)6-13-12(17)14-10/h2-6H,1H3,(H,15,16)(H,13,14,17). The fraction of sp³-hybridized carbons (Fsp3) is 0.0833. The van der Waals surface area contributed by atoms with Crippen LogP contribution in [0.3, 0.4) is 0 Å². The van der Waals surface area contributed by atoms with E-state index in [2.05, 4.69) is 9.97 Å². The number of hydrogen-bond acceptors (Lipinski definition) is 4. The van der Waals surface area contributed by atoms with Crippen molar-refractivity contribution in [2.45, 2.75) is 4.90 Å². The Morgan fingerprint density at radius 2 is 2.00 bits per heavy atom. The SMILES string of the molecule is CSc1ccc(-c2[nH]c(=O)ncc2C(=O)O)cc1. The molecule has 0 saturated heterocycles. The van der Waals surface area contributed by atoms with Gasteiger partial charge in [0, 0.05) is 11.1 Å². The summed E-state index contributed by atoms with van der Waals surface area (Å²) in [5.41, 5.74) is 0.329. The maximum atomic E-state index is 11.2. The molecule has 92 valence electrons. The lowest BCUT2D eigenvalue weighted by atomic mass is 10.1. The third kappa shape index (κ3) is 2.43. The molecule has 18 heavy (non-hydrogen) atoms. The van der Waals surface area contributed by atoms with Gasteiger partial charge in [0.15, 0.2) is 0 Å². The van der Waals surface area contributed by atoms with E-state index in [1.54, 1.807) is 23.9 Å². The van der Waals surface area contributed by atoms with Crippen molar-refractivity contribution in [2.75, 3.05) is 6.26 Å². The number of carboxylic acid groups (broad SMARTS) is 1. The van der Waals surface area contributed by atoms with Crippen molar-refractivity contribution in [3.8, 4) is 11.3 Å². The summed E-state index contributed by atoms with van der Waals surface area (Å²) in [5, 5.41) is 9.05. The molecule has 0 atom stereocenters. The van der Waals surface area contributed by atoms with Crippen molar-refractivity contribution in [1.29, 1.82) is 0 Å². The van der Waals surface area contributed by atoms with Crippen molar-refractivity contribution in [1.82, 2.24) is 9.97 Å². The van der Waals surface area contributed by atoms with Crippen LogP contribution in [0.2, 0.25) is 0 Å². The van der Waals surface area contributed by atoms with Gasteiger partial charge in [-0.05, 0) is 24.0 Å². The molecule has 1 heterocycles. The molecule has 2 N–H and O–H groups in total. The molecule has 1 aromatic heterocycles. The van der Waals surface area contributed by atoms with E-state index in [9.17, 15) is 9.59 Å². The lowest BCUT2D eigenvalue weighted by Gasteiger charge is -2.05.